The van der Waals surface area contributed by atoms with Crippen LogP contribution in [0.3, 0.4) is 0 Å². The maximum atomic E-state index is 11.3. The van der Waals surface area contributed by atoms with Gasteiger partial charge in [-0.1, -0.05) is 0 Å². The molecular weight excluding hydrogens is 258 g/mol. The lowest BCUT2D eigenvalue weighted by molar-refractivity contribution is -0.128. The van der Waals surface area contributed by atoms with Crippen molar-refractivity contribution in [1.29, 1.82) is 0 Å². The number of rotatable bonds is 4. The van der Waals surface area contributed by atoms with Crippen LogP contribution in [0.25, 0.3) is 0 Å². The van der Waals surface area contributed by atoms with Gasteiger partial charge in [-0.2, -0.15) is 0 Å². The predicted octanol–water partition coefficient (Wildman–Crippen LogP) is 1.73. The van der Waals surface area contributed by atoms with Crippen LogP contribution in [-0.4, -0.2) is 36.4 Å². The number of hydrogen-bond acceptors (Lipinski definition) is 3. The highest BCUT2D eigenvalue weighted by Crippen LogP contribution is 2.13. The van der Waals surface area contributed by atoms with Crippen LogP contribution in [0.5, 0.6) is 0 Å². The number of aromatic nitrogens is 1. The van der Waals surface area contributed by atoms with Crippen molar-refractivity contribution in [1.82, 2.24) is 9.88 Å². The zero-order valence-electron chi connectivity index (χ0n) is 8.83. The molecule has 0 radical (unpaired) electrons. The molecule has 1 aromatic rings. The second kappa shape index (κ2) is 5.70. The summed E-state index contributed by atoms with van der Waals surface area (Å²) < 4.78 is 0.923. The number of amides is 1. The van der Waals surface area contributed by atoms with E-state index in [2.05, 4.69) is 26.2 Å². The molecule has 4 nitrogen and oxygen atoms in total. The summed E-state index contributed by atoms with van der Waals surface area (Å²) in [6, 6.07) is 1.92. The lowest BCUT2D eigenvalue weighted by Crippen LogP contribution is -2.23. The molecule has 0 aliphatic carbocycles. The topological polar surface area (TPSA) is 45.2 Å². The molecule has 15 heavy (non-hydrogen) atoms. The second-order valence-corrected chi connectivity index (χ2v) is 4.27. The van der Waals surface area contributed by atoms with Gasteiger partial charge >= 0.3 is 0 Å². The highest BCUT2D eigenvalue weighted by Gasteiger charge is 2.02. The zero-order chi connectivity index (χ0) is 11.3. The number of nitrogens with one attached hydrogen (secondary N) is 1. The van der Waals surface area contributed by atoms with Crippen LogP contribution in [0.15, 0.2) is 22.9 Å². The van der Waals surface area contributed by atoms with Gasteiger partial charge in [0.25, 0.3) is 0 Å². The van der Waals surface area contributed by atoms with Crippen molar-refractivity contribution in [2.45, 2.75) is 6.42 Å². The minimum absolute atomic E-state index is 0.116. The Morgan fingerprint density at radius 2 is 2.27 bits per heavy atom. The number of carbonyl (C=O) groups excluding carboxylic acids is 1. The third-order valence-electron chi connectivity index (χ3n) is 1.87. The first-order valence-corrected chi connectivity index (χ1v) is 5.43. The first-order chi connectivity index (χ1) is 7.09. The third kappa shape index (κ3) is 4.29. The summed E-state index contributed by atoms with van der Waals surface area (Å²) >= 11 is 3.33. The maximum absolute atomic E-state index is 11.3. The molecule has 0 bridgehead atoms. The maximum Gasteiger partial charge on any atom is 0.223 e. The average molecular weight is 272 g/mol. The summed E-state index contributed by atoms with van der Waals surface area (Å²) in [5.41, 5.74) is 0.913. The number of anilines is 1. The highest BCUT2D eigenvalue weighted by atomic mass is 79.9. The summed E-state index contributed by atoms with van der Waals surface area (Å²) in [6.07, 6.45) is 3.93. The summed E-state index contributed by atoms with van der Waals surface area (Å²) in [7, 11) is 3.51. The van der Waals surface area contributed by atoms with E-state index in [4.69, 9.17) is 0 Å². The van der Waals surface area contributed by atoms with E-state index in [0.29, 0.717) is 13.0 Å². The van der Waals surface area contributed by atoms with Crippen LogP contribution in [-0.2, 0) is 4.79 Å². The number of hydrogen-bond donors (Lipinski definition) is 1. The van der Waals surface area contributed by atoms with Crippen molar-refractivity contribution < 1.29 is 4.79 Å². The van der Waals surface area contributed by atoms with Crippen molar-refractivity contribution in [3.8, 4) is 0 Å². The normalized spacial score (nSPS) is 9.80. The Kier molecular flexibility index (Phi) is 4.55. The van der Waals surface area contributed by atoms with Crippen LogP contribution < -0.4 is 5.32 Å². The van der Waals surface area contributed by atoms with E-state index in [9.17, 15) is 4.79 Å². The van der Waals surface area contributed by atoms with Gasteiger partial charge in [0.15, 0.2) is 0 Å². The molecule has 0 saturated carbocycles. The van der Waals surface area contributed by atoms with Crippen molar-refractivity contribution in [2.24, 2.45) is 0 Å². The molecule has 0 unspecified atom stereocenters. The Bertz CT molecular complexity index is 341. The van der Waals surface area contributed by atoms with Gasteiger partial charge < -0.3 is 10.2 Å². The van der Waals surface area contributed by atoms with Gasteiger partial charge in [0.2, 0.25) is 5.91 Å². The fourth-order valence-corrected chi connectivity index (χ4v) is 1.41. The monoisotopic (exact) mass is 271 g/mol. The van der Waals surface area contributed by atoms with E-state index in [-0.39, 0.29) is 5.91 Å². The van der Waals surface area contributed by atoms with Gasteiger partial charge in [-0.3, -0.25) is 9.78 Å². The number of nitrogens with zero attached hydrogens (tertiary/aromatic N) is 2. The predicted molar refractivity (Wildman–Crippen MR) is 63.7 cm³/mol. The molecule has 0 spiro atoms. The Hall–Kier alpha value is -1.10. The van der Waals surface area contributed by atoms with E-state index >= 15 is 0 Å². The summed E-state index contributed by atoms with van der Waals surface area (Å²) in [4.78, 5) is 16.9. The summed E-state index contributed by atoms with van der Waals surface area (Å²) in [5, 5.41) is 3.13. The SMILES string of the molecule is CN(C)C(=O)CCNc1cncc(Br)c1. The Balaban J connectivity index is 2.35. The number of halogens is 1. The largest absolute Gasteiger partial charge is 0.383 e. The molecular formula is C10H14BrN3O. The molecule has 0 atom stereocenters. The average Bonchev–Trinajstić information content (AvgIpc) is 2.17. The fraction of sp³-hybridized carbons (Fsp3) is 0.400. The smallest absolute Gasteiger partial charge is 0.223 e. The summed E-state index contributed by atoms with van der Waals surface area (Å²) in [6.45, 7) is 0.620. The van der Waals surface area contributed by atoms with E-state index in [1.165, 1.54) is 0 Å². The molecule has 0 aromatic carbocycles. The van der Waals surface area contributed by atoms with Gasteiger partial charge in [-0.25, -0.2) is 0 Å². The van der Waals surface area contributed by atoms with Crippen molar-refractivity contribution in [2.75, 3.05) is 26.0 Å². The fourth-order valence-electron chi connectivity index (χ4n) is 1.05. The molecule has 0 fully saturated rings. The number of pyridine rings is 1. The lowest BCUT2D eigenvalue weighted by atomic mass is 10.3. The van der Waals surface area contributed by atoms with Gasteiger partial charge in [0, 0.05) is 37.7 Å². The van der Waals surface area contributed by atoms with Crippen molar-refractivity contribution in [3.05, 3.63) is 22.9 Å². The molecule has 1 heterocycles. The van der Waals surface area contributed by atoms with Crippen LogP contribution in [0, 0.1) is 0 Å². The van der Waals surface area contributed by atoms with E-state index in [1.807, 2.05) is 6.07 Å². The van der Waals surface area contributed by atoms with Gasteiger partial charge in [0.1, 0.15) is 0 Å². The van der Waals surface area contributed by atoms with Crippen LogP contribution in [0.4, 0.5) is 5.69 Å². The van der Waals surface area contributed by atoms with Gasteiger partial charge in [-0.05, 0) is 22.0 Å². The van der Waals surface area contributed by atoms with E-state index < -0.39 is 0 Å². The van der Waals surface area contributed by atoms with Crippen LogP contribution in [0.2, 0.25) is 0 Å². The summed E-state index contributed by atoms with van der Waals surface area (Å²) in [5.74, 6) is 0.116. The molecule has 1 amide bonds. The zero-order valence-corrected chi connectivity index (χ0v) is 10.4. The third-order valence-corrected chi connectivity index (χ3v) is 2.31. The minimum atomic E-state index is 0.116. The van der Waals surface area contributed by atoms with E-state index in [0.717, 1.165) is 10.2 Å². The molecule has 1 aromatic heterocycles. The molecule has 82 valence electrons. The Morgan fingerprint density at radius 3 is 2.87 bits per heavy atom. The second-order valence-electron chi connectivity index (χ2n) is 3.36. The standard InChI is InChI=1S/C10H14BrN3O/c1-14(2)10(15)3-4-13-9-5-8(11)6-12-7-9/h5-7,13H,3-4H2,1-2H3. The van der Waals surface area contributed by atoms with Crippen LogP contribution in [0.1, 0.15) is 6.42 Å². The first kappa shape index (κ1) is 12.0. The molecule has 0 aliphatic heterocycles. The molecule has 5 heteroatoms. The molecule has 1 N–H and O–H groups in total. The molecule has 1 rings (SSSR count). The van der Waals surface area contributed by atoms with Crippen LogP contribution >= 0.6 is 15.9 Å². The Morgan fingerprint density at radius 1 is 1.53 bits per heavy atom. The van der Waals surface area contributed by atoms with Crippen molar-refractivity contribution in [3.63, 3.8) is 0 Å². The quantitative estimate of drug-likeness (QED) is 0.908. The molecule has 0 aliphatic rings. The first-order valence-electron chi connectivity index (χ1n) is 4.64. The van der Waals surface area contributed by atoms with Gasteiger partial charge in [-0.15, -0.1) is 0 Å². The highest BCUT2D eigenvalue weighted by molar-refractivity contribution is 9.10. The van der Waals surface area contributed by atoms with E-state index in [1.54, 1.807) is 31.4 Å². The van der Waals surface area contributed by atoms with Crippen molar-refractivity contribution >= 4 is 27.5 Å². The molecule has 0 saturated heterocycles. The van der Waals surface area contributed by atoms with Gasteiger partial charge in [0.05, 0.1) is 11.9 Å². The minimum Gasteiger partial charge on any atom is -0.383 e. The lowest BCUT2D eigenvalue weighted by Gasteiger charge is -2.10. The number of carbonyl (C=O) groups is 1. The Labute approximate surface area is 97.8 Å².